The fourth-order valence-electron chi connectivity index (χ4n) is 1.45. The first kappa shape index (κ1) is 11.1. The summed E-state index contributed by atoms with van der Waals surface area (Å²) in [4.78, 5) is 0. The summed E-state index contributed by atoms with van der Waals surface area (Å²) in [5, 5.41) is 19.5. The molecule has 4 heteroatoms. The maximum Gasteiger partial charge on any atom is 0.166 e. The molecule has 0 aliphatic rings. The van der Waals surface area contributed by atoms with Gasteiger partial charge in [-0.25, -0.2) is 0 Å². The molecule has 0 saturated heterocycles. The number of methoxy groups -OCH3 is 1. The third-order valence-electron chi connectivity index (χ3n) is 2.12. The Morgan fingerprint density at radius 3 is 2.50 bits per heavy atom. The zero-order valence-electron chi connectivity index (χ0n) is 8.34. The molecule has 14 heavy (non-hydrogen) atoms. The van der Waals surface area contributed by atoms with Gasteiger partial charge in [-0.2, -0.15) is 0 Å². The molecule has 1 unspecified atom stereocenters. The standard InChI is InChI=1S/C10H13ClO3/c1-5-7(11)4-8(13)10(14-3)9(5)6(2)12/h4,6,12-13H,1-3H3. The monoisotopic (exact) mass is 216 g/mol. The van der Waals surface area contributed by atoms with Gasteiger partial charge in [0.2, 0.25) is 0 Å². The van der Waals surface area contributed by atoms with Crippen LogP contribution >= 0.6 is 11.6 Å². The molecular formula is C10H13ClO3. The van der Waals surface area contributed by atoms with Crippen molar-refractivity contribution in [3.8, 4) is 11.5 Å². The first-order chi connectivity index (χ1) is 6.49. The lowest BCUT2D eigenvalue weighted by Crippen LogP contribution is -2.00. The fourth-order valence-corrected chi connectivity index (χ4v) is 1.65. The van der Waals surface area contributed by atoms with Gasteiger partial charge in [0.25, 0.3) is 0 Å². The molecule has 0 saturated carbocycles. The number of halogens is 1. The minimum atomic E-state index is -0.727. The van der Waals surface area contributed by atoms with E-state index in [1.165, 1.54) is 13.2 Å². The topological polar surface area (TPSA) is 49.7 Å². The van der Waals surface area contributed by atoms with Crippen LogP contribution in [0.4, 0.5) is 0 Å². The van der Waals surface area contributed by atoms with Crippen molar-refractivity contribution in [1.82, 2.24) is 0 Å². The van der Waals surface area contributed by atoms with Gasteiger partial charge in [0.05, 0.1) is 13.2 Å². The normalized spacial score (nSPS) is 12.6. The summed E-state index contributed by atoms with van der Waals surface area (Å²) in [6.07, 6.45) is -0.727. The lowest BCUT2D eigenvalue weighted by atomic mass is 10.0. The largest absolute Gasteiger partial charge is 0.504 e. The van der Waals surface area contributed by atoms with Gasteiger partial charge < -0.3 is 14.9 Å². The second-order valence-corrected chi connectivity index (χ2v) is 3.53. The average molecular weight is 217 g/mol. The van der Waals surface area contributed by atoms with Gasteiger partial charge in [0.15, 0.2) is 11.5 Å². The quantitative estimate of drug-likeness (QED) is 0.798. The first-order valence-corrected chi connectivity index (χ1v) is 4.60. The predicted octanol–water partition coefficient (Wildman–Crippen LogP) is 2.42. The Hall–Kier alpha value is -0.930. The fraction of sp³-hybridized carbons (Fsp3) is 0.400. The number of benzene rings is 1. The molecule has 3 nitrogen and oxygen atoms in total. The van der Waals surface area contributed by atoms with Crippen LogP contribution < -0.4 is 4.74 Å². The van der Waals surface area contributed by atoms with Crippen LogP contribution in [-0.4, -0.2) is 17.3 Å². The summed E-state index contributed by atoms with van der Waals surface area (Å²) in [5.41, 5.74) is 1.24. The van der Waals surface area contributed by atoms with Crippen LogP contribution in [0, 0.1) is 6.92 Å². The van der Waals surface area contributed by atoms with E-state index in [9.17, 15) is 10.2 Å². The molecule has 0 heterocycles. The van der Waals surface area contributed by atoms with Crippen molar-refractivity contribution in [2.45, 2.75) is 20.0 Å². The highest BCUT2D eigenvalue weighted by Gasteiger charge is 2.18. The van der Waals surface area contributed by atoms with E-state index in [0.29, 0.717) is 10.6 Å². The van der Waals surface area contributed by atoms with Crippen molar-refractivity contribution < 1.29 is 14.9 Å². The van der Waals surface area contributed by atoms with Crippen molar-refractivity contribution in [1.29, 1.82) is 0 Å². The maximum absolute atomic E-state index is 9.52. The van der Waals surface area contributed by atoms with E-state index >= 15 is 0 Å². The second-order valence-electron chi connectivity index (χ2n) is 3.13. The van der Waals surface area contributed by atoms with Crippen molar-refractivity contribution in [2.24, 2.45) is 0 Å². The smallest absolute Gasteiger partial charge is 0.166 e. The molecule has 0 aromatic heterocycles. The number of phenolic OH excluding ortho intramolecular Hbond substituents is 1. The Bertz CT molecular complexity index is 348. The first-order valence-electron chi connectivity index (χ1n) is 4.23. The summed E-state index contributed by atoms with van der Waals surface area (Å²) in [6.45, 7) is 3.37. The predicted molar refractivity (Wildman–Crippen MR) is 55.0 cm³/mol. The Morgan fingerprint density at radius 2 is 2.07 bits per heavy atom. The minimum Gasteiger partial charge on any atom is -0.504 e. The molecule has 0 aliphatic heterocycles. The minimum absolute atomic E-state index is 0.0565. The van der Waals surface area contributed by atoms with Gasteiger partial charge in [-0.3, -0.25) is 0 Å². The summed E-state index contributed by atoms with van der Waals surface area (Å²) in [5.74, 6) is 0.223. The highest BCUT2D eigenvalue weighted by Crippen LogP contribution is 2.40. The molecule has 1 aromatic carbocycles. The summed E-state index contributed by atoms with van der Waals surface area (Å²) in [7, 11) is 1.44. The van der Waals surface area contributed by atoms with Crippen LogP contribution in [0.3, 0.4) is 0 Å². The van der Waals surface area contributed by atoms with Crippen molar-refractivity contribution in [3.05, 3.63) is 22.2 Å². The zero-order valence-corrected chi connectivity index (χ0v) is 9.09. The molecule has 78 valence electrons. The lowest BCUT2D eigenvalue weighted by Gasteiger charge is -2.16. The van der Waals surface area contributed by atoms with Crippen LogP contribution in [0.25, 0.3) is 0 Å². The van der Waals surface area contributed by atoms with Crippen LogP contribution in [-0.2, 0) is 0 Å². The Kier molecular flexibility index (Phi) is 3.24. The van der Waals surface area contributed by atoms with Crippen LogP contribution in [0.1, 0.15) is 24.2 Å². The zero-order chi connectivity index (χ0) is 10.9. The van der Waals surface area contributed by atoms with E-state index in [-0.39, 0.29) is 11.5 Å². The Labute approximate surface area is 87.9 Å². The van der Waals surface area contributed by atoms with E-state index in [0.717, 1.165) is 5.56 Å². The van der Waals surface area contributed by atoms with Gasteiger partial charge in [-0.15, -0.1) is 0 Å². The second kappa shape index (κ2) is 4.07. The Morgan fingerprint density at radius 1 is 1.50 bits per heavy atom. The summed E-state index contributed by atoms with van der Waals surface area (Å²) < 4.78 is 5.00. The number of ether oxygens (including phenoxy) is 1. The molecular weight excluding hydrogens is 204 g/mol. The SMILES string of the molecule is COc1c(O)cc(Cl)c(C)c1C(C)O. The summed E-state index contributed by atoms with van der Waals surface area (Å²) in [6, 6.07) is 1.40. The Balaban J connectivity index is 3.48. The number of hydrogen-bond donors (Lipinski definition) is 2. The lowest BCUT2D eigenvalue weighted by molar-refractivity contribution is 0.192. The number of aliphatic hydroxyl groups is 1. The van der Waals surface area contributed by atoms with E-state index in [1.807, 2.05) is 0 Å². The third-order valence-corrected chi connectivity index (χ3v) is 2.52. The van der Waals surface area contributed by atoms with Crippen molar-refractivity contribution in [2.75, 3.05) is 7.11 Å². The molecule has 0 fully saturated rings. The van der Waals surface area contributed by atoms with Crippen molar-refractivity contribution >= 4 is 11.6 Å². The summed E-state index contributed by atoms with van der Waals surface area (Å²) >= 11 is 5.87. The molecule has 0 aliphatic carbocycles. The average Bonchev–Trinajstić information content (AvgIpc) is 2.10. The third kappa shape index (κ3) is 1.79. The molecule has 0 spiro atoms. The highest BCUT2D eigenvalue weighted by atomic mass is 35.5. The maximum atomic E-state index is 9.52. The molecule has 2 N–H and O–H groups in total. The molecule has 1 atom stereocenters. The van der Waals surface area contributed by atoms with Gasteiger partial charge in [-0.05, 0) is 19.4 Å². The molecule has 0 amide bonds. The molecule has 0 radical (unpaired) electrons. The number of phenols is 1. The van der Waals surface area contributed by atoms with E-state index < -0.39 is 6.10 Å². The van der Waals surface area contributed by atoms with Gasteiger partial charge >= 0.3 is 0 Å². The van der Waals surface area contributed by atoms with E-state index in [4.69, 9.17) is 16.3 Å². The van der Waals surface area contributed by atoms with Gasteiger partial charge in [0, 0.05) is 16.7 Å². The molecule has 1 aromatic rings. The highest BCUT2D eigenvalue weighted by molar-refractivity contribution is 6.31. The van der Waals surface area contributed by atoms with E-state index in [2.05, 4.69) is 0 Å². The van der Waals surface area contributed by atoms with E-state index in [1.54, 1.807) is 13.8 Å². The van der Waals surface area contributed by atoms with Crippen LogP contribution in [0.2, 0.25) is 5.02 Å². The van der Waals surface area contributed by atoms with Gasteiger partial charge in [-0.1, -0.05) is 11.6 Å². The van der Waals surface area contributed by atoms with Gasteiger partial charge in [0.1, 0.15) is 0 Å². The number of hydrogen-bond acceptors (Lipinski definition) is 3. The number of aromatic hydroxyl groups is 1. The van der Waals surface area contributed by atoms with Crippen LogP contribution in [0.15, 0.2) is 6.07 Å². The van der Waals surface area contributed by atoms with Crippen LogP contribution in [0.5, 0.6) is 11.5 Å². The van der Waals surface area contributed by atoms with Crippen molar-refractivity contribution in [3.63, 3.8) is 0 Å². The number of aliphatic hydroxyl groups excluding tert-OH is 1. The molecule has 1 rings (SSSR count). The number of rotatable bonds is 2. The molecule has 0 bridgehead atoms.